The Labute approximate surface area is 137 Å². The lowest BCUT2D eigenvalue weighted by Crippen LogP contribution is -2.18. The van der Waals surface area contributed by atoms with E-state index in [9.17, 15) is 4.79 Å². The number of rotatable bonds is 2. The predicted molar refractivity (Wildman–Crippen MR) is 92.2 cm³/mol. The van der Waals surface area contributed by atoms with Crippen molar-refractivity contribution in [2.24, 2.45) is 0 Å². The minimum Gasteiger partial charge on any atom is -0.271 e. The third kappa shape index (κ3) is 2.28. The van der Waals surface area contributed by atoms with E-state index < -0.39 is 0 Å². The van der Waals surface area contributed by atoms with E-state index in [4.69, 9.17) is 0 Å². The van der Waals surface area contributed by atoms with Gasteiger partial charge in [-0.2, -0.15) is 4.68 Å². The second-order valence-corrected chi connectivity index (χ2v) is 5.65. The summed E-state index contributed by atoms with van der Waals surface area (Å²) in [6.45, 7) is 3.75. The van der Waals surface area contributed by atoms with Gasteiger partial charge < -0.3 is 0 Å². The molecule has 1 aromatic carbocycles. The second-order valence-electron chi connectivity index (χ2n) is 5.65. The molecule has 0 saturated carbocycles. The van der Waals surface area contributed by atoms with Gasteiger partial charge in [0.2, 0.25) is 0 Å². The highest BCUT2D eigenvalue weighted by Gasteiger charge is 2.16. The molecule has 118 valence electrons. The quantitative estimate of drug-likeness (QED) is 0.617. The molecule has 24 heavy (non-hydrogen) atoms. The molecule has 0 radical (unpaired) electrons. The van der Waals surface area contributed by atoms with E-state index in [-0.39, 0.29) is 5.56 Å². The van der Waals surface area contributed by atoms with E-state index in [0.717, 1.165) is 22.5 Å². The van der Waals surface area contributed by atoms with E-state index >= 15 is 0 Å². The molecule has 1 N–H and O–H groups in total. The van der Waals surface area contributed by atoms with Crippen LogP contribution in [0.1, 0.15) is 11.4 Å². The average molecular weight is 317 g/mol. The number of hydrogen-bond donors (Lipinski definition) is 1. The molecule has 0 spiro atoms. The SMILES string of the molecule is Cc1cc(C)nc(-n2[nH]c3nccc(-c4ccccc4)c3c2=O)n1. The van der Waals surface area contributed by atoms with Gasteiger partial charge in [0.05, 0.1) is 5.39 Å². The molecular weight excluding hydrogens is 302 g/mol. The Hall–Kier alpha value is -3.28. The van der Waals surface area contributed by atoms with Crippen LogP contribution in [0, 0.1) is 13.8 Å². The van der Waals surface area contributed by atoms with Crippen molar-refractivity contribution in [2.45, 2.75) is 13.8 Å². The lowest BCUT2D eigenvalue weighted by molar-refractivity contribution is 0.778. The summed E-state index contributed by atoms with van der Waals surface area (Å²) in [7, 11) is 0. The van der Waals surface area contributed by atoms with Gasteiger partial charge in [-0.15, -0.1) is 0 Å². The number of pyridine rings is 1. The third-order valence-corrected chi connectivity index (χ3v) is 3.84. The third-order valence-electron chi connectivity index (χ3n) is 3.84. The van der Waals surface area contributed by atoms with Gasteiger partial charge in [0, 0.05) is 17.6 Å². The molecule has 0 unspecified atom stereocenters. The molecule has 4 aromatic rings. The lowest BCUT2D eigenvalue weighted by atomic mass is 10.0. The second kappa shape index (κ2) is 5.42. The summed E-state index contributed by atoms with van der Waals surface area (Å²) in [5, 5.41) is 3.55. The molecule has 0 aliphatic carbocycles. The van der Waals surface area contributed by atoms with Gasteiger partial charge in [0.15, 0.2) is 5.65 Å². The molecule has 0 amide bonds. The maximum absolute atomic E-state index is 13.0. The zero-order valence-electron chi connectivity index (χ0n) is 13.3. The van der Waals surface area contributed by atoms with Crippen molar-refractivity contribution >= 4 is 11.0 Å². The number of nitrogens with zero attached hydrogens (tertiary/aromatic N) is 4. The number of benzene rings is 1. The Morgan fingerprint density at radius 1 is 1.00 bits per heavy atom. The van der Waals surface area contributed by atoms with Crippen molar-refractivity contribution < 1.29 is 0 Å². The van der Waals surface area contributed by atoms with Crippen molar-refractivity contribution in [3.63, 3.8) is 0 Å². The molecule has 0 atom stereocenters. The lowest BCUT2D eigenvalue weighted by Gasteiger charge is -2.02. The van der Waals surface area contributed by atoms with Crippen LogP contribution in [0.4, 0.5) is 0 Å². The Morgan fingerprint density at radius 2 is 1.71 bits per heavy atom. The van der Waals surface area contributed by atoms with Crippen molar-refractivity contribution in [3.8, 4) is 17.1 Å². The largest absolute Gasteiger partial charge is 0.284 e. The number of H-pyrrole nitrogens is 1. The summed E-state index contributed by atoms with van der Waals surface area (Å²) in [4.78, 5) is 26.0. The first-order valence-electron chi connectivity index (χ1n) is 7.61. The molecule has 0 aliphatic rings. The van der Waals surface area contributed by atoms with Crippen LogP contribution in [0.25, 0.3) is 28.1 Å². The molecule has 6 heteroatoms. The van der Waals surface area contributed by atoms with Gasteiger partial charge in [-0.05, 0) is 37.1 Å². The first kappa shape index (κ1) is 14.3. The summed E-state index contributed by atoms with van der Waals surface area (Å²) >= 11 is 0. The summed E-state index contributed by atoms with van der Waals surface area (Å²) in [5.74, 6) is 0.328. The highest BCUT2D eigenvalue weighted by atomic mass is 16.1. The van der Waals surface area contributed by atoms with Crippen molar-refractivity contribution in [1.82, 2.24) is 24.7 Å². The molecule has 3 heterocycles. The van der Waals surface area contributed by atoms with Crippen LogP contribution in [0.3, 0.4) is 0 Å². The van der Waals surface area contributed by atoms with Crippen LogP contribution in [0.15, 0.2) is 53.5 Å². The number of aryl methyl sites for hydroxylation is 2. The molecule has 0 bridgehead atoms. The van der Waals surface area contributed by atoms with Gasteiger partial charge in [-0.3, -0.25) is 9.89 Å². The van der Waals surface area contributed by atoms with Gasteiger partial charge in [-0.25, -0.2) is 15.0 Å². The monoisotopic (exact) mass is 317 g/mol. The van der Waals surface area contributed by atoms with E-state index in [1.165, 1.54) is 4.68 Å². The zero-order valence-corrected chi connectivity index (χ0v) is 13.3. The van der Waals surface area contributed by atoms with E-state index in [2.05, 4.69) is 20.1 Å². The normalized spacial score (nSPS) is 11.1. The molecule has 6 nitrogen and oxygen atoms in total. The number of fused-ring (bicyclic) bond motifs is 1. The van der Waals surface area contributed by atoms with Crippen LogP contribution >= 0.6 is 0 Å². The summed E-state index contributed by atoms with van der Waals surface area (Å²) in [6.07, 6.45) is 1.69. The molecule has 4 rings (SSSR count). The Balaban J connectivity index is 2.01. The highest BCUT2D eigenvalue weighted by Crippen LogP contribution is 2.24. The van der Waals surface area contributed by atoms with Gasteiger partial charge in [0.25, 0.3) is 11.5 Å². The number of aromatic nitrogens is 5. The smallest absolute Gasteiger partial charge is 0.271 e. The first-order valence-corrected chi connectivity index (χ1v) is 7.61. The summed E-state index contributed by atoms with van der Waals surface area (Å²) in [6, 6.07) is 13.5. The molecule has 0 aliphatic heterocycles. The average Bonchev–Trinajstić information content (AvgIpc) is 2.92. The highest BCUT2D eigenvalue weighted by molar-refractivity contribution is 5.92. The number of nitrogens with one attached hydrogen (secondary N) is 1. The number of aromatic amines is 1. The van der Waals surface area contributed by atoms with Crippen LogP contribution in [0.5, 0.6) is 0 Å². The van der Waals surface area contributed by atoms with Crippen LogP contribution < -0.4 is 5.56 Å². The summed E-state index contributed by atoms with van der Waals surface area (Å²) < 4.78 is 1.35. The fraction of sp³-hybridized carbons (Fsp3) is 0.111. The van der Waals surface area contributed by atoms with Gasteiger partial charge >= 0.3 is 0 Å². The summed E-state index contributed by atoms with van der Waals surface area (Å²) in [5.41, 5.74) is 3.73. The molecule has 3 aromatic heterocycles. The zero-order chi connectivity index (χ0) is 16.7. The van der Waals surface area contributed by atoms with Crippen LogP contribution in [0.2, 0.25) is 0 Å². The van der Waals surface area contributed by atoms with Gasteiger partial charge in [-0.1, -0.05) is 30.3 Å². The van der Waals surface area contributed by atoms with Crippen molar-refractivity contribution in [1.29, 1.82) is 0 Å². The minimum atomic E-state index is -0.207. The van der Waals surface area contributed by atoms with E-state index in [1.807, 2.05) is 56.3 Å². The van der Waals surface area contributed by atoms with Crippen molar-refractivity contribution in [3.05, 3.63) is 70.4 Å². The molecule has 0 fully saturated rings. The predicted octanol–water partition coefficient (Wildman–Crippen LogP) is 2.79. The maximum Gasteiger partial charge on any atom is 0.284 e. The Kier molecular flexibility index (Phi) is 3.23. The van der Waals surface area contributed by atoms with Crippen LogP contribution in [-0.2, 0) is 0 Å². The molecular formula is C18H15N5O. The fourth-order valence-corrected chi connectivity index (χ4v) is 2.84. The standard InChI is InChI=1S/C18H15N5O/c1-11-10-12(2)21-18(20-11)23-17(24)15-14(8-9-19-16(15)22-23)13-6-4-3-5-7-13/h3-10H,1-2H3,(H,19,22). The topological polar surface area (TPSA) is 76.5 Å². The van der Waals surface area contributed by atoms with Crippen LogP contribution in [-0.4, -0.2) is 24.7 Å². The minimum absolute atomic E-state index is 0.207. The maximum atomic E-state index is 13.0. The fourth-order valence-electron chi connectivity index (χ4n) is 2.84. The van der Waals surface area contributed by atoms with Crippen molar-refractivity contribution in [2.75, 3.05) is 0 Å². The Morgan fingerprint density at radius 3 is 2.42 bits per heavy atom. The van der Waals surface area contributed by atoms with E-state index in [1.54, 1.807) is 6.20 Å². The first-order chi connectivity index (χ1) is 11.6. The van der Waals surface area contributed by atoms with Gasteiger partial charge in [0.1, 0.15) is 0 Å². The number of hydrogen-bond acceptors (Lipinski definition) is 4. The molecule has 0 saturated heterocycles. The van der Waals surface area contributed by atoms with E-state index in [0.29, 0.717) is 17.0 Å². The Bertz CT molecular complexity index is 1080.